The largest absolute Gasteiger partial charge is 0.481 e. The number of hydrogen-bond donors (Lipinski definition) is 2. The fraction of sp³-hybridized carbons (Fsp3) is 0.529. The molecule has 1 rings (SSSR count). The smallest absolute Gasteiger partial charge is 0.303 e. The first-order valence-corrected chi connectivity index (χ1v) is 9.97. The number of hydrogen-bond acceptors (Lipinski definition) is 4. The van der Waals surface area contributed by atoms with E-state index in [1.54, 1.807) is 12.1 Å². The van der Waals surface area contributed by atoms with Gasteiger partial charge in [-0.1, -0.05) is 25.8 Å². The van der Waals surface area contributed by atoms with Gasteiger partial charge in [0.15, 0.2) is 9.84 Å². The van der Waals surface area contributed by atoms with E-state index in [2.05, 4.69) is 5.32 Å². The van der Waals surface area contributed by atoms with Gasteiger partial charge in [0, 0.05) is 24.8 Å². The highest BCUT2D eigenvalue weighted by molar-refractivity contribution is 7.90. The predicted molar refractivity (Wildman–Crippen MR) is 92.0 cm³/mol. The van der Waals surface area contributed by atoms with Crippen LogP contribution in [0.1, 0.15) is 54.9 Å². The van der Waals surface area contributed by atoms with Crippen LogP contribution in [0.25, 0.3) is 0 Å². The number of benzene rings is 1. The number of nitrogens with one attached hydrogen (secondary N) is 1. The Morgan fingerprint density at radius 1 is 1.12 bits per heavy atom. The first-order valence-electron chi connectivity index (χ1n) is 8.08. The number of amides is 1. The van der Waals surface area contributed by atoms with E-state index < -0.39 is 15.8 Å². The second kappa shape index (κ2) is 9.42. The van der Waals surface area contributed by atoms with Crippen molar-refractivity contribution in [3.05, 3.63) is 29.3 Å². The Hall–Kier alpha value is -1.89. The van der Waals surface area contributed by atoms with Crippen molar-refractivity contribution in [2.24, 2.45) is 0 Å². The molecule has 24 heavy (non-hydrogen) atoms. The molecule has 6 nitrogen and oxygen atoms in total. The third-order valence-electron chi connectivity index (χ3n) is 3.71. The van der Waals surface area contributed by atoms with Crippen LogP contribution in [0, 0.1) is 0 Å². The molecule has 0 aliphatic rings. The summed E-state index contributed by atoms with van der Waals surface area (Å²) < 4.78 is 23.6. The third-order valence-corrected chi connectivity index (χ3v) is 4.89. The standard InChI is InChI=1S/C17H25NO5S/c1-3-13-9-10-14(12-15(13)24(2,22)23)17(21)18-11-7-5-4-6-8-16(19)20/h9-10,12H,3-8,11H2,1-2H3,(H,18,21)(H,19,20). The van der Waals surface area contributed by atoms with Crippen molar-refractivity contribution >= 4 is 21.7 Å². The van der Waals surface area contributed by atoms with Gasteiger partial charge in [-0.15, -0.1) is 0 Å². The number of unbranched alkanes of at least 4 members (excludes halogenated alkanes) is 3. The first-order chi connectivity index (χ1) is 11.3. The van der Waals surface area contributed by atoms with Crippen molar-refractivity contribution in [2.45, 2.75) is 50.3 Å². The van der Waals surface area contributed by atoms with Gasteiger partial charge in [0.25, 0.3) is 5.91 Å². The number of carbonyl (C=O) groups is 2. The molecule has 0 spiro atoms. The van der Waals surface area contributed by atoms with Crippen LogP contribution in [0.3, 0.4) is 0 Å². The fourth-order valence-electron chi connectivity index (χ4n) is 2.39. The summed E-state index contributed by atoms with van der Waals surface area (Å²) in [4.78, 5) is 22.7. The average molecular weight is 355 g/mol. The Bertz CT molecular complexity index is 682. The minimum absolute atomic E-state index is 0.171. The Morgan fingerprint density at radius 2 is 1.79 bits per heavy atom. The minimum atomic E-state index is -3.37. The molecule has 0 aromatic heterocycles. The van der Waals surface area contributed by atoms with Gasteiger partial charge in [0.1, 0.15) is 0 Å². The van der Waals surface area contributed by atoms with Crippen LogP contribution in [-0.4, -0.2) is 38.2 Å². The summed E-state index contributed by atoms with van der Waals surface area (Å²) in [7, 11) is -3.37. The predicted octanol–water partition coefficient (Wildman–Crippen LogP) is 2.42. The van der Waals surface area contributed by atoms with Gasteiger partial charge < -0.3 is 10.4 Å². The number of sulfone groups is 1. The highest BCUT2D eigenvalue weighted by Gasteiger charge is 2.15. The van der Waals surface area contributed by atoms with Crippen LogP contribution >= 0.6 is 0 Å². The molecule has 0 atom stereocenters. The Morgan fingerprint density at radius 3 is 2.38 bits per heavy atom. The molecule has 134 valence electrons. The summed E-state index contributed by atoms with van der Waals surface area (Å²) in [6.45, 7) is 2.35. The van der Waals surface area contributed by atoms with E-state index in [1.807, 2.05) is 6.92 Å². The van der Waals surface area contributed by atoms with Gasteiger partial charge in [0.05, 0.1) is 4.90 Å². The molecule has 0 aliphatic carbocycles. The van der Waals surface area contributed by atoms with Crippen LogP contribution in [0.4, 0.5) is 0 Å². The maximum absolute atomic E-state index is 12.1. The summed E-state index contributed by atoms with van der Waals surface area (Å²) in [5, 5.41) is 11.3. The van der Waals surface area contributed by atoms with Crippen molar-refractivity contribution in [1.29, 1.82) is 0 Å². The lowest BCUT2D eigenvalue weighted by molar-refractivity contribution is -0.137. The average Bonchev–Trinajstić information content (AvgIpc) is 2.52. The van der Waals surface area contributed by atoms with Crippen molar-refractivity contribution in [3.8, 4) is 0 Å². The maximum Gasteiger partial charge on any atom is 0.303 e. The highest BCUT2D eigenvalue weighted by Crippen LogP contribution is 2.18. The lowest BCUT2D eigenvalue weighted by Gasteiger charge is -2.10. The van der Waals surface area contributed by atoms with Gasteiger partial charge in [-0.2, -0.15) is 0 Å². The molecule has 0 bridgehead atoms. The van der Waals surface area contributed by atoms with Crippen LogP contribution in [0.2, 0.25) is 0 Å². The third kappa shape index (κ3) is 6.70. The van der Waals surface area contributed by atoms with Gasteiger partial charge in [-0.3, -0.25) is 9.59 Å². The zero-order valence-electron chi connectivity index (χ0n) is 14.2. The maximum atomic E-state index is 12.1. The number of carbonyl (C=O) groups excluding carboxylic acids is 1. The second-order valence-electron chi connectivity index (χ2n) is 5.76. The van der Waals surface area contributed by atoms with E-state index >= 15 is 0 Å². The SMILES string of the molecule is CCc1ccc(C(=O)NCCCCCCC(=O)O)cc1S(C)(=O)=O. The number of aliphatic carboxylic acids is 1. The summed E-state index contributed by atoms with van der Waals surface area (Å²) >= 11 is 0. The second-order valence-corrected chi connectivity index (χ2v) is 7.75. The van der Waals surface area contributed by atoms with Gasteiger partial charge in [0.2, 0.25) is 0 Å². The normalized spacial score (nSPS) is 11.2. The van der Waals surface area contributed by atoms with E-state index in [4.69, 9.17) is 5.11 Å². The Labute approximate surface area is 143 Å². The van der Waals surface area contributed by atoms with E-state index in [9.17, 15) is 18.0 Å². The Kier molecular flexibility index (Phi) is 7.91. The number of aryl methyl sites for hydroxylation is 1. The zero-order chi connectivity index (χ0) is 18.2. The molecule has 7 heteroatoms. The number of carboxylic acid groups (broad SMARTS) is 1. The first kappa shape index (κ1) is 20.2. The van der Waals surface area contributed by atoms with Crippen LogP contribution < -0.4 is 5.32 Å². The van der Waals surface area contributed by atoms with E-state index in [0.29, 0.717) is 30.5 Å². The lowest BCUT2D eigenvalue weighted by atomic mass is 10.1. The van der Waals surface area contributed by atoms with Crippen LogP contribution in [0.15, 0.2) is 23.1 Å². The number of rotatable bonds is 10. The highest BCUT2D eigenvalue weighted by atomic mass is 32.2. The molecule has 1 amide bonds. The van der Waals surface area contributed by atoms with Crippen molar-refractivity contribution in [1.82, 2.24) is 5.32 Å². The van der Waals surface area contributed by atoms with E-state index in [0.717, 1.165) is 25.5 Å². The molecule has 0 radical (unpaired) electrons. The monoisotopic (exact) mass is 355 g/mol. The number of carboxylic acids is 1. The van der Waals surface area contributed by atoms with Gasteiger partial charge in [-0.25, -0.2) is 8.42 Å². The molecule has 0 fully saturated rings. The summed E-state index contributed by atoms with van der Waals surface area (Å²) in [6.07, 6.45) is 4.95. The van der Waals surface area contributed by atoms with Gasteiger partial charge >= 0.3 is 5.97 Å². The van der Waals surface area contributed by atoms with Crippen LogP contribution in [0.5, 0.6) is 0 Å². The molecular weight excluding hydrogens is 330 g/mol. The molecule has 1 aromatic rings. The quantitative estimate of drug-likeness (QED) is 0.628. The topological polar surface area (TPSA) is 101 Å². The molecule has 0 saturated carbocycles. The van der Waals surface area contributed by atoms with E-state index in [1.165, 1.54) is 6.07 Å². The molecule has 0 aliphatic heterocycles. The van der Waals surface area contributed by atoms with E-state index in [-0.39, 0.29) is 17.2 Å². The molecular formula is C17H25NO5S. The van der Waals surface area contributed by atoms with Crippen molar-refractivity contribution < 1.29 is 23.1 Å². The fourth-order valence-corrected chi connectivity index (χ4v) is 3.42. The molecule has 1 aromatic carbocycles. The summed E-state index contributed by atoms with van der Waals surface area (Å²) in [5.74, 6) is -1.09. The summed E-state index contributed by atoms with van der Waals surface area (Å²) in [6, 6.07) is 4.74. The lowest BCUT2D eigenvalue weighted by Crippen LogP contribution is -2.24. The van der Waals surface area contributed by atoms with Crippen molar-refractivity contribution in [3.63, 3.8) is 0 Å². The van der Waals surface area contributed by atoms with Crippen LogP contribution in [-0.2, 0) is 21.1 Å². The molecule has 0 unspecified atom stereocenters. The molecule has 2 N–H and O–H groups in total. The van der Waals surface area contributed by atoms with Gasteiger partial charge in [-0.05, 0) is 37.0 Å². The molecule has 0 heterocycles. The zero-order valence-corrected chi connectivity index (χ0v) is 15.0. The molecule has 0 saturated heterocycles. The van der Waals surface area contributed by atoms with Crippen molar-refractivity contribution in [2.75, 3.05) is 12.8 Å². The summed E-state index contributed by atoms with van der Waals surface area (Å²) in [5.41, 5.74) is 1.03. The minimum Gasteiger partial charge on any atom is -0.481 e. The Balaban J connectivity index is 2.52.